The summed E-state index contributed by atoms with van der Waals surface area (Å²) in [6.45, 7) is 0. The Bertz CT molecular complexity index is 1520. The second-order valence-electron chi connectivity index (χ2n) is 8.24. The van der Waals surface area contributed by atoms with Gasteiger partial charge in [0.2, 0.25) is 0 Å². The fraction of sp³-hybridized carbons (Fsp3) is 0. The van der Waals surface area contributed by atoms with Gasteiger partial charge in [-0.3, -0.25) is 4.79 Å². The second-order valence-corrected chi connectivity index (χ2v) is 9.57. The van der Waals surface area contributed by atoms with Crippen molar-refractivity contribution >= 4 is 39.7 Å². The molecule has 1 aromatic heterocycles. The Balaban J connectivity index is 1.42. The number of halogens is 2. The van der Waals surface area contributed by atoms with Crippen LogP contribution >= 0.6 is 27.5 Å². The zero-order valence-electron chi connectivity index (χ0n) is 19.5. The molecule has 5 rings (SSSR count). The van der Waals surface area contributed by atoms with Crippen LogP contribution in [0.2, 0.25) is 5.02 Å². The van der Waals surface area contributed by atoms with Crippen molar-refractivity contribution in [2.75, 3.05) is 0 Å². The van der Waals surface area contributed by atoms with Crippen molar-refractivity contribution in [2.45, 2.75) is 0 Å². The first-order valence-corrected chi connectivity index (χ1v) is 12.6. The summed E-state index contributed by atoms with van der Waals surface area (Å²) in [5.74, 6) is -0.482. The number of hydrogen-bond acceptors (Lipinski definition) is 3. The molecule has 1 amide bonds. The van der Waals surface area contributed by atoms with Gasteiger partial charge in [-0.1, -0.05) is 88.2 Å². The smallest absolute Gasteiger partial charge is 0.271 e. The van der Waals surface area contributed by atoms with E-state index in [-0.39, 0.29) is 16.7 Å². The summed E-state index contributed by atoms with van der Waals surface area (Å²) in [7, 11) is 0. The molecule has 0 atom stereocenters. The lowest BCUT2D eigenvalue weighted by atomic mass is 10.1. The molecule has 0 bridgehead atoms. The Kier molecular flexibility index (Phi) is 7.21. The quantitative estimate of drug-likeness (QED) is 0.162. The number of phenols is 1. The van der Waals surface area contributed by atoms with Gasteiger partial charge in [0, 0.05) is 21.3 Å². The minimum Gasteiger partial charge on any atom is -0.506 e. The molecule has 0 unspecified atom stereocenters. The number of rotatable bonds is 6. The molecular formula is C30H21BrClN3O2. The Hall–Kier alpha value is -4.13. The molecule has 0 aliphatic carbocycles. The molecule has 5 nitrogen and oxygen atoms in total. The normalized spacial score (nSPS) is 11.1. The third-order valence-corrected chi connectivity index (χ3v) is 6.58. The Morgan fingerprint density at radius 1 is 0.838 bits per heavy atom. The van der Waals surface area contributed by atoms with Gasteiger partial charge in [0.25, 0.3) is 5.91 Å². The zero-order chi connectivity index (χ0) is 25.8. The predicted octanol–water partition coefficient (Wildman–Crippen LogP) is 7.70. The van der Waals surface area contributed by atoms with E-state index in [2.05, 4.69) is 67.4 Å². The fourth-order valence-corrected chi connectivity index (χ4v) is 4.89. The SMILES string of the molecule is O=C(N/N=C\c1cc(Br)cc(Cl)c1O)c1ccc(-n2c(-c3ccccc3)ccc2-c2ccccc2)cc1. The number of hydrogen-bond donors (Lipinski definition) is 2. The van der Waals surface area contributed by atoms with Crippen molar-refractivity contribution in [1.29, 1.82) is 0 Å². The van der Waals surface area contributed by atoms with Gasteiger partial charge < -0.3 is 9.67 Å². The minimum absolute atomic E-state index is 0.109. The van der Waals surface area contributed by atoms with Gasteiger partial charge in [0.05, 0.1) is 22.6 Å². The Morgan fingerprint density at radius 3 is 1.97 bits per heavy atom. The molecule has 0 radical (unpaired) electrons. The van der Waals surface area contributed by atoms with Crippen LogP contribution in [0.15, 0.2) is 119 Å². The van der Waals surface area contributed by atoms with Crippen LogP contribution in [0, 0.1) is 0 Å². The molecule has 2 N–H and O–H groups in total. The fourth-order valence-electron chi connectivity index (χ4n) is 4.05. The lowest BCUT2D eigenvalue weighted by Crippen LogP contribution is -2.17. The van der Waals surface area contributed by atoms with E-state index in [9.17, 15) is 9.90 Å². The summed E-state index contributed by atoms with van der Waals surface area (Å²) >= 11 is 9.30. The molecule has 0 saturated heterocycles. The lowest BCUT2D eigenvalue weighted by Gasteiger charge is -2.15. The van der Waals surface area contributed by atoms with Crippen LogP contribution in [0.4, 0.5) is 0 Å². The number of aromatic hydroxyl groups is 1. The van der Waals surface area contributed by atoms with Crippen LogP contribution in [0.25, 0.3) is 28.2 Å². The van der Waals surface area contributed by atoms with E-state index in [0.29, 0.717) is 15.6 Å². The average molecular weight is 571 g/mol. The summed E-state index contributed by atoms with van der Waals surface area (Å²) in [5, 5.41) is 14.2. The largest absolute Gasteiger partial charge is 0.506 e. The summed E-state index contributed by atoms with van der Waals surface area (Å²) in [5.41, 5.74) is 8.54. The van der Waals surface area contributed by atoms with E-state index in [1.807, 2.05) is 48.5 Å². The molecule has 1 heterocycles. The number of aromatic nitrogens is 1. The molecule has 5 aromatic rings. The number of amides is 1. The molecule has 0 fully saturated rings. The molecule has 0 spiro atoms. The van der Waals surface area contributed by atoms with Crippen molar-refractivity contribution in [1.82, 2.24) is 9.99 Å². The highest BCUT2D eigenvalue weighted by molar-refractivity contribution is 9.10. The first kappa shape index (κ1) is 24.6. The zero-order valence-corrected chi connectivity index (χ0v) is 21.8. The van der Waals surface area contributed by atoms with E-state index < -0.39 is 0 Å². The van der Waals surface area contributed by atoms with Gasteiger partial charge >= 0.3 is 0 Å². The van der Waals surface area contributed by atoms with Gasteiger partial charge in [-0.2, -0.15) is 5.10 Å². The number of phenolic OH excluding ortho intramolecular Hbond substituents is 1. The summed E-state index contributed by atoms with van der Waals surface area (Å²) < 4.78 is 2.87. The van der Waals surface area contributed by atoms with Crippen LogP contribution in [0.3, 0.4) is 0 Å². The van der Waals surface area contributed by atoms with Crippen LogP contribution in [0.5, 0.6) is 5.75 Å². The second kappa shape index (κ2) is 10.9. The van der Waals surface area contributed by atoms with Crippen molar-refractivity contribution in [2.24, 2.45) is 5.10 Å². The van der Waals surface area contributed by atoms with E-state index in [4.69, 9.17) is 11.6 Å². The minimum atomic E-state index is -0.373. The maximum absolute atomic E-state index is 12.7. The highest BCUT2D eigenvalue weighted by Gasteiger charge is 2.14. The molecule has 0 aliphatic rings. The first-order chi connectivity index (χ1) is 18.0. The number of nitrogens with one attached hydrogen (secondary N) is 1. The number of carbonyl (C=O) groups is 1. The molecule has 182 valence electrons. The van der Waals surface area contributed by atoms with E-state index in [1.165, 1.54) is 6.21 Å². The molecule has 7 heteroatoms. The molecule has 0 saturated carbocycles. The van der Waals surface area contributed by atoms with Crippen LogP contribution < -0.4 is 5.43 Å². The number of nitrogens with zero attached hydrogens (tertiary/aromatic N) is 2. The highest BCUT2D eigenvalue weighted by Crippen LogP contribution is 2.33. The highest BCUT2D eigenvalue weighted by atomic mass is 79.9. The van der Waals surface area contributed by atoms with Gasteiger partial charge in [-0.15, -0.1) is 0 Å². The predicted molar refractivity (Wildman–Crippen MR) is 153 cm³/mol. The first-order valence-electron chi connectivity index (χ1n) is 11.5. The van der Waals surface area contributed by atoms with Crippen LogP contribution in [0.1, 0.15) is 15.9 Å². The topological polar surface area (TPSA) is 66.6 Å². The number of benzene rings is 4. The molecule has 37 heavy (non-hydrogen) atoms. The third kappa shape index (κ3) is 5.35. The third-order valence-electron chi connectivity index (χ3n) is 5.84. The average Bonchev–Trinajstić information content (AvgIpc) is 3.37. The van der Waals surface area contributed by atoms with Crippen LogP contribution in [-0.4, -0.2) is 21.8 Å². The summed E-state index contributed by atoms with van der Waals surface area (Å²) in [4.78, 5) is 12.7. The van der Waals surface area contributed by atoms with Crippen molar-refractivity contribution in [3.63, 3.8) is 0 Å². The van der Waals surface area contributed by atoms with E-state index in [0.717, 1.165) is 28.2 Å². The van der Waals surface area contributed by atoms with Gasteiger partial charge in [-0.25, -0.2) is 5.43 Å². The van der Waals surface area contributed by atoms with Crippen molar-refractivity contribution in [3.05, 3.63) is 130 Å². The van der Waals surface area contributed by atoms with Crippen molar-refractivity contribution < 1.29 is 9.90 Å². The monoisotopic (exact) mass is 569 g/mol. The van der Waals surface area contributed by atoms with Gasteiger partial charge in [0.15, 0.2) is 0 Å². The van der Waals surface area contributed by atoms with E-state index >= 15 is 0 Å². The maximum atomic E-state index is 12.7. The molecule has 4 aromatic carbocycles. The summed E-state index contributed by atoms with van der Waals surface area (Å²) in [6, 6.07) is 35.2. The lowest BCUT2D eigenvalue weighted by molar-refractivity contribution is 0.0955. The van der Waals surface area contributed by atoms with Crippen molar-refractivity contribution in [3.8, 4) is 34.0 Å². The number of carbonyl (C=O) groups excluding carboxylic acids is 1. The van der Waals surface area contributed by atoms with E-state index in [1.54, 1.807) is 24.3 Å². The Morgan fingerprint density at radius 2 is 1.41 bits per heavy atom. The van der Waals surface area contributed by atoms with Crippen LogP contribution in [-0.2, 0) is 0 Å². The summed E-state index contributed by atoms with van der Waals surface area (Å²) in [6.07, 6.45) is 1.34. The van der Waals surface area contributed by atoms with Gasteiger partial charge in [0.1, 0.15) is 5.75 Å². The Labute approximate surface area is 227 Å². The number of hydrazone groups is 1. The molecular weight excluding hydrogens is 550 g/mol. The maximum Gasteiger partial charge on any atom is 0.271 e. The standard InChI is InChI=1S/C30H21BrClN3O2/c31-24-17-23(29(36)26(32)18-24)19-33-34-30(37)22-11-13-25(14-12-22)35-27(20-7-3-1-4-8-20)15-16-28(35)21-9-5-2-6-10-21/h1-19,36H,(H,34,37)/b33-19-. The van der Waals surface area contributed by atoms with Gasteiger partial charge in [-0.05, 0) is 59.7 Å². The molecule has 0 aliphatic heterocycles.